The molecule has 0 aromatic carbocycles. The molecule has 0 aromatic rings. The van der Waals surface area contributed by atoms with Gasteiger partial charge in [0.15, 0.2) is 0 Å². The molecule has 12 saturated carbocycles. The minimum absolute atomic E-state index is 0.599. The van der Waals surface area contributed by atoms with Gasteiger partial charge in [-0.1, -0.05) is 103 Å². The lowest BCUT2D eigenvalue weighted by Gasteiger charge is -2.50. The van der Waals surface area contributed by atoms with Crippen molar-refractivity contribution in [2.24, 2.45) is 107 Å². The van der Waals surface area contributed by atoms with Gasteiger partial charge in [0, 0.05) is 42.3 Å². The average Bonchev–Trinajstić information content (AvgIpc) is 4.29. The zero-order chi connectivity index (χ0) is 52.9. The Morgan fingerprint density at radius 2 is 0.537 bits per heavy atom. The number of nitrogens with zero attached hydrogens (tertiary/aromatic N) is 1. The maximum absolute atomic E-state index is 4.42. The fraction of sp³-hybridized carbons (Fsp3) is 1.00. The van der Waals surface area contributed by atoms with Crippen LogP contribution in [0.5, 0.6) is 0 Å². The third-order valence-electron chi connectivity index (χ3n) is 30.5. The van der Waals surface area contributed by atoms with Gasteiger partial charge in [0.2, 0.25) is 0 Å². The van der Waals surface area contributed by atoms with Gasteiger partial charge >= 0.3 is 0 Å². The van der Waals surface area contributed by atoms with E-state index in [2.05, 4.69) is 26.2 Å². The largest absolute Gasteiger partial charge is 0.299 e. The molecule has 3 aliphatic heterocycles. The maximum atomic E-state index is 4.42. The standard InChI is InChI=1S/C75H127N5/c1-5-17-53(18-6-1)65-47-67(78-74(76-65)58-21-9-3-10-22-58)55-35-29-49(30-36-55)51-33-39-57(40-34-51)71-62-26-14-13-25-61(62)63-45-46-70-72(73(63)71)64-27-15-16-28-69(64)80(70)60-43-41-52(42-44-60)50-31-37-56(38-32-50)68-48-66(54-19-7-2-8-20-54)77-75(79-68)59-23-11-4-12-24-59/h49-79H,1-48H2. The van der Waals surface area contributed by atoms with Crippen LogP contribution in [0.1, 0.15) is 308 Å². The molecule has 4 N–H and O–H groups in total. The lowest BCUT2D eigenvalue weighted by molar-refractivity contribution is 0.00498. The second-order valence-corrected chi connectivity index (χ2v) is 33.8. The fourth-order valence-corrected chi connectivity index (χ4v) is 26.8. The predicted molar refractivity (Wildman–Crippen MR) is 333 cm³/mol. The second kappa shape index (κ2) is 25.9. The van der Waals surface area contributed by atoms with Crippen LogP contribution in [0.25, 0.3) is 0 Å². The van der Waals surface area contributed by atoms with E-state index in [1.165, 1.54) is 173 Å². The van der Waals surface area contributed by atoms with Crippen LogP contribution in [-0.2, 0) is 0 Å². The molecule has 15 fully saturated rings. The summed E-state index contributed by atoms with van der Waals surface area (Å²) in [7, 11) is 0. The number of rotatable bonds is 10. The summed E-state index contributed by atoms with van der Waals surface area (Å²) in [6.07, 6.45) is 74.7. The Labute approximate surface area is 493 Å². The number of fused-ring (bicyclic) bond motifs is 7. The molecule has 0 aromatic heterocycles. The molecule has 0 amide bonds. The fourth-order valence-electron chi connectivity index (χ4n) is 26.8. The average molecular weight is 1100 g/mol. The van der Waals surface area contributed by atoms with Crippen molar-refractivity contribution in [2.45, 2.75) is 363 Å². The van der Waals surface area contributed by atoms with Gasteiger partial charge in [0.25, 0.3) is 0 Å². The van der Waals surface area contributed by atoms with Gasteiger partial charge in [-0.2, -0.15) is 0 Å². The molecule has 0 bridgehead atoms. The van der Waals surface area contributed by atoms with E-state index in [0.717, 1.165) is 149 Å². The lowest BCUT2D eigenvalue weighted by atomic mass is 9.58. The topological polar surface area (TPSA) is 51.4 Å². The molecular weight excluding hydrogens is 971 g/mol. The third-order valence-corrected chi connectivity index (χ3v) is 30.5. The third kappa shape index (κ3) is 11.6. The summed E-state index contributed by atoms with van der Waals surface area (Å²) in [5, 5.41) is 17.5. The molecule has 15 rings (SSSR count). The van der Waals surface area contributed by atoms with Crippen molar-refractivity contribution >= 4 is 0 Å². The van der Waals surface area contributed by atoms with E-state index in [1.807, 2.05) is 0 Å². The highest BCUT2D eigenvalue weighted by Crippen LogP contribution is 2.67. The van der Waals surface area contributed by atoms with Gasteiger partial charge in [-0.25, -0.2) is 0 Å². The Bertz CT molecular complexity index is 1850. The van der Waals surface area contributed by atoms with E-state index >= 15 is 0 Å². The molecule has 0 radical (unpaired) electrons. The summed E-state index contributed by atoms with van der Waals surface area (Å²) < 4.78 is 0. The summed E-state index contributed by atoms with van der Waals surface area (Å²) in [6.45, 7) is 0. The van der Waals surface area contributed by atoms with Crippen LogP contribution in [0, 0.1) is 107 Å². The van der Waals surface area contributed by atoms with Gasteiger partial charge in [-0.05, 0) is 312 Å². The van der Waals surface area contributed by atoms with E-state index in [9.17, 15) is 0 Å². The molecule has 15 aliphatic rings. The normalized spacial score (nSPS) is 50.0. The minimum atomic E-state index is 0.599. The highest BCUT2D eigenvalue weighted by atomic mass is 15.3. The van der Waals surface area contributed by atoms with E-state index < -0.39 is 0 Å². The van der Waals surface area contributed by atoms with Crippen LogP contribution >= 0.6 is 0 Å². The van der Waals surface area contributed by atoms with Crippen LogP contribution < -0.4 is 21.3 Å². The van der Waals surface area contributed by atoms with Crippen molar-refractivity contribution in [2.75, 3.05) is 0 Å². The number of likely N-dealkylation sites (tertiary alicyclic amines) is 1. The highest BCUT2D eigenvalue weighted by molar-refractivity contribution is 5.15. The smallest absolute Gasteiger partial charge is 0.0605 e. The van der Waals surface area contributed by atoms with Crippen LogP contribution in [0.3, 0.4) is 0 Å². The first kappa shape index (κ1) is 56.3. The minimum Gasteiger partial charge on any atom is -0.299 e. The summed E-state index contributed by atoms with van der Waals surface area (Å²) in [5.74, 6) is 18.4. The van der Waals surface area contributed by atoms with Crippen molar-refractivity contribution in [3.63, 3.8) is 0 Å². The van der Waals surface area contributed by atoms with Crippen molar-refractivity contribution < 1.29 is 0 Å². The van der Waals surface area contributed by atoms with Crippen molar-refractivity contribution in [3.05, 3.63) is 0 Å². The van der Waals surface area contributed by atoms with E-state index in [4.69, 9.17) is 0 Å². The SMILES string of the molecule is C1CCC(C2CC(C3CCC(C4CCC(C5C6CCCCC6C6CCC7C(C8CCCCC8N7C7CCC(C8CCC(C9CC(C%10CCCCC%10)NC(C%10CCCCC%10)N9)CC8)CC7)C65)CC4)CC3)NC(C3CCCCC3)N2)CC1. The molecule has 15 unspecified atom stereocenters. The molecular formula is C75H127N5. The molecule has 15 atom stereocenters. The van der Waals surface area contributed by atoms with E-state index in [-0.39, 0.29) is 0 Å². The van der Waals surface area contributed by atoms with Crippen molar-refractivity contribution in [1.29, 1.82) is 0 Å². The van der Waals surface area contributed by atoms with E-state index in [1.54, 1.807) is 135 Å². The van der Waals surface area contributed by atoms with Crippen molar-refractivity contribution in [1.82, 2.24) is 26.2 Å². The van der Waals surface area contributed by atoms with Gasteiger partial charge in [0.1, 0.15) is 0 Å². The Kier molecular flexibility index (Phi) is 18.2. The monoisotopic (exact) mass is 1100 g/mol. The molecule has 12 aliphatic carbocycles. The first-order valence-electron chi connectivity index (χ1n) is 38.5. The predicted octanol–water partition coefficient (Wildman–Crippen LogP) is 17.9. The molecule has 452 valence electrons. The summed E-state index contributed by atoms with van der Waals surface area (Å²) in [6, 6.07) is 5.96. The van der Waals surface area contributed by atoms with Crippen LogP contribution in [0.4, 0.5) is 0 Å². The zero-order valence-electron chi connectivity index (χ0n) is 52.0. The number of nitrogens with one attached hydrogen (secondary N) is 4. The second-order valence-electron chi connectivity index (χ2n) is 33.8. The highest BCUT2D eigenvalue weighted by Gasteiger charge is 2.64. The quantitative estimate of drug-likeness (QED) is 0.176. The van der Waals surface area contributed by atoms with E-state index in [0.29, 0.717) is 12.3 Å². The number of hydrogen-bond acceptors (Lipinski definition) is 5. The van der Waals surface area contributed by atoms with Crippen LogP contribution in [0.15, 0.2) is 0 Å². The first-order chi connectivity index (χ1) is 39.6. The summed E-state index contributed by atoms with van der Waals surface area (Å²) in [4.78, 5) is 3.46. The Morgan fingerprint density at radius 1 is 0.200 bits per heavy atom. The molecule has 5 nitrogen and oxygen atoms in total. The van der Waals surface area contributed by atoms with Gasteiger partial charge in [-0.3, -0.25) is 26.2 Å². The molecule has 5 heteroatoms. The molecule has 0 spiro atoms. The zero-order valence-corrected chi connectivity index (χ0v) is 52.0. The summed E-state index contributed by atoms with van der Waals surface area (Å²) >= 11 is 0. The maximum Gasteiger partial charge on any atom is 0.0605 e. The summed E-state index contributed by atoms with van der Waals surface area (Å²) in [5.41, 5.74) is 0. The Balaban J connectivity index is 0.569. The lowest BCUT2D eigenvalue weighted by Crippen LogP contribution is -2.64. The van der Waals surface area contributed by atoms with Gasteiger partial charge in [-0.15, -0.1) is 0 Å². The van der Waals surface area contributed by atoms with Gasteiger partial charge < -0.3 is 0 Å². The van der Waals surface area contributed by atoms with Crippen LogP contribution in [0.2, 0.25) is 0 Å². The van der Waals surface area contributed by atoms with Crippen LogP contribution in [-0.4, -0.2) is 59.5 Å². The Morgan fingerprint density at radius 3 is 1.00 bits per heavy atom. The van der Waals surface area contributed by atoms with Gasteiger partial charge in [0.05, 0.1) is 12.3 Å². The number of hydrogen-bond donors (Lipinski definition) is 4. The molecule has 3 saturated heterocycles. The molecule has 80 heavy (non-hydrogen) atoms. The van der Waals surface area contributed by atoms with Crippen molar-refractivity contribution in [3.8, 4) is 0 Å². The Hall–Kier alpha value is -0.200. The first-order valence-corrected chi connectivity index (χ1v) is 38.5. The molecule has 3 heterocycles.